The van der Waals surface area contributed by atoms with Crippen LogP contribution in [0.15, 0.2) is 88.7 Å². The Morgan fingerprint density at radius 3 is 2.17 bits per heavy atom. The molecule has 1 fully saturated rings. The lowest BCUT2D eigenvalue weighted by Crippen LogP contribution is -2.32. The van der Waals surface area contributed by atoms with Crippen molar-refractivity contribution in [2.75, 3.05) is 4.90 Å². The van der Waals surface area contributed by atoms with Crippen LogP contribution in [-0.4, -0.2) is 27.0 Å². The molecule has 0 unspecified atom stereocenters. The molecule has 2 aliphatic rings. The minimum atomic E-state index is -0.718. The van der Waals surface area contributed by atoms with Crippen LogP contribution in [0.3, 0.4) is 0 Å². The number of nitrogens with one attached hydrogen (secondary N) is 1. The molecule has 3 aromatic carbocycles. The number of benzene rings is 3. The summed E-state index contributed by atoms with van der Waals surface area (Å²) in [6.45, 7) is 0. The van der Waals surface area contributed by atoms with Gasteiger partial charge in [-0.05, 0) is 28.8 Å². The van der Waals surface area contributed by atoms with Crippen LogP contribution in [-0.2, 0) is 9.59 Å². The molecule has 0 saturated carbocycles. The van der Waals surface area contributed by atoms with Crippen molar-refractivity contribution in [3.63, 3.8) is 0 Å². The first-order valence-electron chi connectivity index (χ1n) is 11.1. The molecule has 178 valence electrons. The van der Waals surface area contributed by atoms with E-state index in [-0.39, 0.29) is 16.5 Å². The number of hydrogen-bond acceptors (Lipinski definition) is 7. The molecule has 10 heteroatoms. The number of thioether (sulfide) groups is 1. The van der Waals surface area contributed by atoms with Crippen molar-refractivity contribution in [3.05, 3.63) is 109 Å². The monoisotopic (exact) mass is 515 g/mol. The predicted molar refractivity (Wildman–Crippen MR) is 137 cm³/mol. The van der Waals surface area contributed by atoms with Crippen molar-refractivity contribution in [3.8, 4) is 11.1 Å². The largest absolute Gasteiger partial charge is 0.307 e. The van der Waals surface area contributed by atoms with Gasteiger partial charge in [-0.15, -0.1) is 0 Å². The summed E-state index contributed by atoms with van der Waals surface area (Å²) in [6, 6.07) is 23.1. The van der Waals surface area contributed by atoms with Gasteiger partial charge in [0.05, 0.1) is 21.6 Å². The van der Waals surface area contributed by atoms with E-state index in [9.17, 15) is 24.5 Å². The zero-order valence-corrected chi connectivity index (χ0v) is 20.1. The highest BCUT2D eigenvalue weighted by atomic mass is 32.2. The number of non-ortho nitro benzene ring substituents is 1. The SMILES string of the molecule is O=C1[C@H]2[C@H](c3ccc(-c4ccccc4)cc3)c3sc(=O)[nH]c3S[C@H]2C(=O)N1c1ccc([N+](=O)[O-])cc1. The van der Waals surface area contributed by atoms with Crippen LogP contribution < -0.4 is 9.77 Å². The Morgan fingerprint density at radius 2 is 1.50 bits per heavy atom. The standard InChI is InChI=1S/C26H17N3O5S2/c30-24-20-19(16-8-6-15(7-9-16)14-4-2-1-3-5-14)21-23(27-26(32)36-21)35-22(20)25(31)28(24)17-10-12-18(13-11-17)29(33)34/h1-13,19-20,22H,(H,27,32)/t19-,20-,22+/m0/s1. The molecule has 0 spiro atoms. The van der Waals surface area contributed by atoms with Crippen LogP contribution >= 0.6 is 23.1 Å². The molecular weight excluding hydrogens is 498 g/mol. The van der Waals surface area contributed by atoms with Crippen LogP contribution in [0.5, 0.6) is 0 Å². The summed E-state index contributed by atoms with van der Waals surface area (Å²) in [5, 5.41) is 10.9. The molecule has 3 atom stereocenters. The number of aromatic nitrogens is 1. The molecule has 1 saturated heterocycles. The van der Waals surface area contributed by atoms with Crippen LogP contribution in [0.1, 0.15) is 16.4 Å². The molecule has 1 aromatic heterocycles. The number of carbonyl (C=O) groups excluding carboxylic acids is 2. The molecule has 3 heterocycles. The molecule has 8 nitrogen and oxygen atoms in total. The second kappa shape index (κ2) is 8.58. The number of hydrogen-bond donors (Lipinski definition) is 1. The van der Waals surface area contributed by atoms with Gasteiger partial charge in [-0.3, -0.25) is 24.5 Å². The number of nitro groups is 1. The molecule has 36 heavy (non-hydrogen) atoms. The average Bonchev–Trinajstić information content (AvgIpc) is 3.39. The summed E-state index contributed by atoms with van der Waals surface area (Å²) in [4.78, 5) is 54.4. The van der Waals surface area contributed by atoms with E-state index < -0.39 is 27.9 Å². The van der Waals surface area contributed by atoms with Gasteiger partial charge in [0.1, 0.15) is 5.25 Å². The third-order valence-electron chi connectivity index (χ3n) is 6.52. The van der Waals surface area contributed by atoms with E-state index in [2.05, 4.69) is 4.98 Å². The molecule has 0 aliphatic carbocycles. The normalized spacial score (nSPS) is 20.8. The second-order valence-corrected chi connectivity index (χ2v) is 10.7. The van der Waals surface area contributed by atoms with Gasteiger partial charge in [0, 0.05) is 22.9 Å². The van der Waals surface area contributed by atoms with E-state index in [0.717, 1.165) is 37.8 Å². The molecule has 2 amide bonds. The number of H-pyrrole nitrogens is 1. The van der Waals surface area contributed by atoms with Crippen LogP contribution in [0.25, 0.3) is 11.1 Å². The lowest BCUT2D eigenvalue weighted by atomic mass is 9.82. The zero-order chi connectivity index (χ0) is 25.0. The summed E-state index contributed by atoms with van der Waals surface area (Å²) in [7, 11) is 0. The number of imide groups is 1. The number of rotatable bonds is 4. The fraction of sp³-hybridized carbons (Fsp3) is 0.115. The third kappa shape index (κ3) is 3.57. The second-order valence-electron chi connectivity index (χ2n) is 8.52. The fourth-order valence-electron chi connectivity index (χ4n) is 4.87. The van der Waals surface area contributed by atoms with Crippen molar-refractivity contribution in [1.29, 1.82) is 0 Å². The molecule has 1 N–H and O–H groups in total. The number of nitro benzene ring substituents is 1. The van der Waals surface area contributed by atoms with E-state index in [4.69, 9.17) is 0 Å². The van der Waals surface area contributed by atoms with Crippen molar-refractivity contribution in [1.82, 2.24) is 4.98 Å². The average molecular weight is 516 g/mol. The van der Waals surface area contributed by atoms with E-state index in [1.54, 1.807) is 0 Å². The Hall–Kier alpha value is -4.02. The zero-order valence-electron chi connectivity index (χ0n) is 18.5. The molecular formula is C26H17N3O5S2. The fourth-order valence-corrected chi connectivity index (χ4v) is 7.38. The molecule has 0 bridgehead atoms. The minimum Gasteiger partial charge on any atom is -0.307 e. The maximum atomic E-state index is 13.7. The van der Waals surface area contributed by atoms with Crippen LogP contribution in [0.2, 0.25) is 0 Å². The van der Waals surface area contributed by atoms with E-state index >= 15 is 0 Å². The number of amides is 2. The number of anilines is 1. The van der Waals surface area contributed by atoms with Gasteiger partial charge in [0.15, 0.2) is 0 Å². The van der Waals surface area contributed by atoms with Gasteiger partial charge >= 0.3 is 4.87 Å². The van der Waals surface area contributed by atoms with E-state index in [1.807, 2.05) is 54.6 Å². The summed E-state index contributed by atoms with van der Waals surface area (Å²) in [6.07, 6.45) is 0. The third-order valence-corrected chi connectivity index (χ3v) is 8.92. The van der Waals surface area contributed by atoms with Gasteiger partial charge in [-0.1, -0.05) is 77.7 Å². The van der Waals surface area contributed by atoms with Gasteiger partial charge < -0.3 is 4.98 Å². The van der Waals surface area contributed by atoms with Crippen molar-refractivity contribution in [2.45, 2.75) is 16.2 Å². The maximum absolute atomic E-state index is 13.7. The lowest BCUT2D eigenvalue weighted by Gasteiger charge is -2.29. The van der Waals surface area contributed by atoms with Crippen molar-refractivity contribution >= 4 is 46.3 Å². The first-order chi connectivity index (χ1) is 17.4. The number of nitrogens with zero attached hydrogens (tertiary/aromatic N) is 2. The van der Waals surface area contributed by atoms with Gasteiger partial charge in [-0.2, -0.15) is 0 Å². The predicted octanol–water partition coefficient (Wildman–Crippen LogP) is 4.81. The summed E-state index contributed by atoms with van der Waals surface area (Å²) >= 11 is 2.26. The van der Waals surface area contributed by atoms with Crippen molar-refractivity contribution < 1.29 is 14.5 Å². The van der Waals surface area contributed by atoms with Crippen LogP contribution in [0.4, 0.5) is 11.4 Å². The van der Waals surface area contributed by atoms with E-state index in [1.165, 1.54) is 36.0 Å². The topological polar surface area (TPSA) is 113 Å². The quantitative estimate of drug-likeness (QED) is 0.237. The van der Waals surface area contributed by atoms with Gasteiger partial charge in [-0.25, -0.2) is 4.90 Å². The lowest BCUT2D eigenvalue weighted by molar-refractivity contribution is -0.384. The van der Waals surface area contributed by atoms with Crippen LogP contribution in [0, 0.1) is 16.0 Å². The minimum absolute atomic E-state index is 0.124. The highest BCUT2D eigenvalue weighted by Gasteiger charge is 2.56. The summed E-state index contributed by atoms with van der Waals surface area (Å²) in [5.74, 6) is -1.96. The maximum Gasteiger partial charge on any atom is 0.305 e. The Morgan fingerprint density at radius 1 is 0.833 bits per heavy atom. The molecule has 0 radical (unpaired) electrons. The Kier molecular flexibility index (Phi) is 5.35. The molecule has 6 rings (SSSR count). The van der Waals surface area contributed by atoms with Gasteiger partial charge in [0.2, 0.25) is 11.8 Å². The number of fused-ring (bicyclic) bond motifs is 2. The number of aromatic amines is 1. The van der Waals surface area contributed by atoms with Gasteiger partial charge in [0.25, 0.3) is 5.69 Å². The summed E-state index contributed by atoms with van der Waals surface area (Å²) in [5.41, 5.74) is 3.09. The molecule has 4 aromatic rings. The van der Waals surface area contributed by atoms with E-state index in [0.29, 0.717) is 10.7 Å². The smallest absolute Gasteiger partial charge is 0.305 e. The highest BCUT2D eigenvalue weighted by Crippen LogP contribution is 2.53. The Labute approximate surface area is 212 Å². The summed E-state index contributed by atoms with van der Waals surface area (Å²) < 4.78 is 0. The Bertz CT molecular complexity index is 1560. The first kappa shape index (κ1) is 22.4. The first-order valence-corrected chi connectivity index (χ1v) is 12.8. The van der Waals surface area contributed by atoms with Crippen molar-refractivity contribution in [2.24, 2.45) is 5.92 Å². The Balaban J connectivity index is 1.41. The number of thiazole rings is 1. The number of carbonyl (C=O) groups is 2. The molecule has 2 aliphatic heterocycles. The highest BCUT2D eigenvalue weighted by molar-refractivity contribution is 8.00.